The molecule has 3 rings (SSSR count). The fraction of sp³-hybridized carbons (Fsp3) is 0.0667. The van der Waals surface area contributed by atoms with E-state index >= 15 is 0 Å². The Bertz CT molecular complexity index is 816. The molecule has 0 aliphatic carbocycles. The van der Waals surface area contributed by atoms with Crippen LogP contribution in [0.5, 0.6) is 0 Å². The van der Waals surface area contributed by atoms with E-state index < -0.39 is 11.6 Å². The lowest BCUT2D eigenvalue weighted by molar-refractivity contribution is 0.510. The molecule has 1 heterocycles. The topological polar surface area (TPSA) is 51.8 Å². The molecule has 0 atom stereocenters. The zero-order valence-corrected chi connectivity index (χ0v) is 10.7. The number of nitrogens with two attached hydrogens (primary N) is 1. The highest BCUT2D eigenvalue weighted by Crippen LogP contribution is 2.26. The molecule has 0 saturated carbocycles. The minimum atomic E-state index is -0.974. The number of nitrogen functional groups attached to an aromatic ring is 1. The van der Waals surface area contributed by atoms with E-state index in [4.69, 9.17) is 5.73 Å². The molecule has 100 valence electrons. The average Bonchev–Trinajstić information content (AvgIpc) is 2.42. The summed E-state index contributed by atoms with van der Waals surface area (Å²) in [7, 11) is 0. The third-order valence-electron chi connectivity index (χ3n) is 3.07. The van der Waals surface area contributed by atoms with Crippen molar-refractivity contribution in [1.82, 2.24) is 9.97 Å². The molecular weight excluding hydrogens is 260 g/mol. The van der Waals surface area contributed by atoms with Gasteiger partial charge < -0.3 is 5.73 Å². The SMILES string of the molecule is Cc1ccc2nc(-c3cccc(F)c3F)nc(N)c2c1. The van der Waals surface area contributed by atoms with Crippen molar-refractivity contribution in [1.29, 1.82) is 0 Å². The van der Waals surface area contributed by atoms with E-state index in [-0.39, 0.29) is 17.2 Å². The van der Waals surface area contributed by atoms with Gasteiger partial charge in [-0.3, -0.25) is 0 Å². The van der Waals surface area contributed by atoms with Crippen LogP contribution in [0.1, 0.15) is 5.56 Å². The lowest BCUT2D eigenvalue weighted by Crippen LogP contribution is -2.00. The van der Waals surface area contributed by atoms with Crippen LogP contribution in [0.3, 0.4) is 0 Å². The van der Waals surface area contributed by atoms with Gasteiger partial charge in [0.05, 0.1) is 11.1 Å². The van der Waals surface area contributed by atoms with Gasteiger partial charge in [-0.05, 0) is 31.2 Å². The Hall–Kier alpha value is -2.56. The molecular formula is C15H11F2N3. The number of rotatable bonds is 1. The van der Waals surface area contributed by atoms with Gasteiger partial charge >= 0.3 is 0 Å². The molecule has 5 heteroatoms. The Morgan fingerprint density at radius 1 is 1.05 bits per heavy atom. The second-order valence-corrected chi connectivity index (χ2v) is 4.55. The lowest BCUT2D eigenvalue weighted by Gasteiger charge is -2.07. The van der Waals surface area contributed by atoms with Gasteiger partial charge in [-0.25, -0.2) is 18.7 Å². The molecule has 0 amide bonds. The summed E-state index contributed by atoms with van der Waals surface area (Å²) < 4.78 is 27.1. The van der Waals surface area contributed by atoms with Crippen molar-refractivity contribution in [3.8, 4) is 11.4 Å². The van der Waals surface area contributed by atoms with Crippen molar-refractivity contribution in [2.45, 2.75) is 6.92 Å². The predicted octanol–water partition coefficient (Wildman–Crippen LogP) is 3.47. The van der Waals surface area contributed by atoms with Crippen LogP contribution < -0.4 is 5.73 Å². The molecule has 20 heavy (non-hydrogen) atoms. The zero-order valence-electron chi connectivity index (χ0n) is 10.7. The molecule has 0 radical (unpaired) electrons. The number of anilines is 1. The van der Waals surface area contributed by atoms with Gasteiger partial charge in [0.1, 0.15) is 5.82 Å². The van der Waals surface area contributed by atoms with Crippen LogP contribution in [0.2, 0.25) is 0 Å². The predicted molar refractivity (Wildman–Crippen MR) is 74.0 cm³/mol. The highest BCUT2D eigenvalue weighted by molar-refractivity contribution is 5.90. The monoisotopic (exact) mass is 271 g/mol. The van der Waals surface area contributed by atoms with Gasteiger partial charge in [-0.2, -0.15) is 0 Å². The maximum Gasteiger partial charge on any atom is 0.169 e. The van der Waals surface area contributed by atoms with Crippen LogP contribution >= 0.6 is 0 Å². The summed E-state index contributed by atoms with van der Waals surface area (Å²) in [6, 6.07) is 9.40. The number of hydrogen-bond acceptors (Lipinski definition) is 3. The number of hydrogen-bond donors (Lipinski definition) is 1. The molecule has 0 bridgehead atoms. The zero-order chi connectivity index (χ0) is 14.3. The van der Waals surface area contributed by atoms with Crippen LogP contribution in [-0.2, 0) is 0 Å². The van der Waals surface area contributed by atoms with Crippen molar-refractivity contribution < 1.29 is 8.78 Å². The van der Waals surface area contributed by atoms with E-state index in [9.17, 15) is 8.78 Å². The maximum absolute atomic E-state index is 13.8. The number of aryl methyl sites for hydroxylation is 1. The smallest absolute Gasteiger partial charge is 0.169 e. The molecule has 2 aromatic carbocycles. The molecule has 3 nitrogen and oxygen atoms in total. The first kappa shape index (κ1) is 12.5. The first-order valence-corrected chi connectivity index (χ1v) is 6.04. The van der Waals surface area contributed by atoms with E-state index in [0.29, 0.717) is 10.9 Å². The fourth-order valence-electron chi connectivity index (χ4n) is 2.06. The third kappa shape index (κ3) is 1.97. The minimum Gasteiger partial charge on any atom is -0.383 e. The summed E-state index contributed by atoms with van der Waals surface area (Å²) in [5, 5.41) is 0.700. The summed E-state index contributed by atoms with van der Waals surface area (Å²) in [4.78, 5) is 8.33. The number of nitrogens with zero attached hydrogens (tertiary/aromatic N) is 2. The normalized spacial score (nSPS) is 10.9. The standard InChI is InChI=1S/C15H11F2N3/c1-8-5-6-12-10(7-8)14(18)20-15(19-12)9-3-2-4-11(16)13(9)17/h2-7H,1H3,(H2,18,19,20). The molecule has 0 spiro atoms. The van der Waals surface area contributed by atoms with E-state index in [0.717, 1.165) is 11.6 Å². The molecule has 3 aromatic rings. The van der Waals surface area contributed by atoms with Crippen LogP contribution in [-0.4, -0.2) is 9.97 Å². The highest BCUT2D eigenvalue weighted by atomic mass is 19.2. The van der Waals surface area contributed by atoms with Crippen molar-refractivity contribution >= 4 is 16.7 Å². The van der Waals surface area contributed by atoms with Gasteiger partial charge in [0.15, 0.2) is 17.5 Å². The van der Waals surface area contributed by atoms with Gasteiger partial charge in [0.25, 0.3) is 0 Å². The molecule has 0 aliphatic rings. The van der Waals surface area contributed by atoms with Crippen LogP contribution in [0.4, 0.5) is 14.6 Å². The molecule has 0 unspecified atom stereocenters. The molecule has 2 N–H and O–H groups in total. The molecule has 0 fully saturated rings. The number of aromatic nitrogens is 2. The second-order valence-electron chi connectivity index (χ2n) is 4.55. The number of halogens is 2. The highest BCUT2D eigenvalue weighted by Gasteiger charge is 2.14. The summed E-state index contributed by atoms with van der Waals surface area (Å²) in [5.74, 6) is -1.58. The lowest BCUT2D eigenvalue weighted by atomic mass is 10.1. The van der Waals surface area contributed by atoms with Crippen molar-refractivity contribution in [3.63, 3.8) is 0 Å². The minimum absolute atomic E-state index is 0.000764. The number of fused-ring (bicyclic) bond motifs is 1. The quantitative estimate of drug-likeness (QED) is 0.737. The van der Waals surface area contributed by atoms with Gasteiger partial charge in [0, 0.05) is 5.39 Å². The Labute approximate surface area is 114 Å². The van der Waals surface area contributed by atoms with Crippen molar-refractivity contribution in [2.75, 3.05) is 5.73 Å². The number of benzene rings is 2. The van der Waals surface area contributed by atoms with E-state index in [2.05, 4.69) is 9.97 Å². The third-order valence-corrected chi connectivity index (χ3v) is 3.07. The first-order valence-electron chi connectivity index (χ1n) is 6.04. The van der Waals surface area contributed by atoms with E-state index in [1.807, 2.05) is 19.1 Å². The van der Waals surface area contributed by atoms with Gasteiger partial charge in [0.2, 0.25) is 0 Å². The summed E-state index contributed by atoms with van der Waals surface area (Å²) >= 11 is 0. The first-order chi connectivity index (χ1) is 9.56. The summed E-state index contributed by atoms with van der Waals surface area (Å²) in [5.41, 5.74) is 7.51. The van der Waals surface area contributed by atoms with Gasteiger partial charge in [-0.15, -0.1) is 0 Å². The molecule has 0 aliphatic heterocycles. The average molecular weight is 271 g/mol. The summed E-state index contributed by atoms with van der Waals surface area (Å²) in [6.45, 7) is 1.93. The largest absolute Gasteiger partial charge is 0.383 e. The van der Waals surface area contributed by atoms with Gasteiger partial charge in [-0.1, -0.05) is 17.7 Å². The van der Waals surface area contributed by atoms with Crippen LogP contribution in [0, 0.1) is 18.6 Å². The van der Waals surface area contributed by atoms with Crippen LogP contribution in [0.25, 0.3) is 22.3 Å². The maximum atomic E-state index is 13.8. The fourth-order valence-corrected chi connectivity index (χ4v) is 2.06. The Morgan fingerprint density at radius 2 is 1.85 bits per heavy atom. The molecule has 0 saturated heterocycles. The van der Waals surface area contributed by atoms with E-state index in [1.165, 1.54) is 12.1 Å². The van der Waals surface area contributed by atoms with E-state index in [1.54, 1.807) is 6.07 Å². The van der Waals surface area contributed by atoms with Crippen molar-refractivity contribution in [2.24, 2.45) is 0 Å². The summed E-state index contributed by atoms with van der Waals surface area (Å²) in [6.07, 6.45) is 0. The Morgan fingerprint density at radius 3 is 2.65 bits per heavy atom. The molecule has 1 aromatic heterocycles. The Balaban J connectivity index is 2.28. The second kappa shape index (κ2) is 4.52. The van der Waals surface area contributed by atoms with Crippen molar-refractivity contribution in [3.05, 3.63) is 53.6 Å². The van der Waals surface area contributed by atoms with Crippen LogP contribution in [0.15, 0.2) is 36.4 Å². The Kier molecular flexibility index (Phi) is 2.82.